The molecule has 1 saturated heterocycles. The molecule has 0 aromatic heterocycles. The van der Waals surface area contributed by atoms with Crippen molar-refractivity contribution in [3.05, 3.63) is 24.3 Å². The Kier molecular flexibility index (Phi) is 10.3. The van der Waals surface area contributed by atoms with Crippen LogP contribution in [0.5, 0.6) is 11.5 Å². The second-order valence-electron chi connectivity index (χ2n) is 5.35. The molecule has 1 aromatic carbocycles. The molecule has 0 radical (unpaired) electrons. The largest absolute Gasteiger partial charge is 0.497 e. The summed E-state index contributed by atoms with van der Waals surface area (Å²) in [6.45, 7) is 5.69. The van der Waals surface area contributed by atoms with Gasteiger partial charge >= 0.3 is 0 Å². The van der Waals surface area contributed by atoms with E-state index in [1.165, 1.54) is 12.2 Å². The van der Waals surface area contributed by atoms with Crippen LogP contribution in [0, 0.1) is 0 Å². The van der Waals surface area contributed by atoms with Crippen LogP contribution in [-0.4, -0.2) is 62.3 Å². The number of nitrogens with zero attached hydrogens (tertiary/aromatic N) is 2. The third-order valence-corrected chi connectivity index (χ3v) is 5.17. The summed E-state index contributed by atoms with van der Waals surface area (Å²) in [6.07, 6.45) is 1.21. The van der Waals surface area contributed by atoms with Crippen molar-refractivity contribution in [2.75, 3.05) is 46.2 Å². The number of thioether (sulfide) groups is 1. The maximum Gasteiger partial charge on any atom is 0.193 e. The van der Waals surface area contributed by atoms with E-state index in [-0.39, 0.29) is 24.0 Å². The van der Waals surface area contributed by atoms with Gasteiger partial charge in [0.05, 0.1) is 13.7 Å². The number of hydrogen-bond acceptors (Lipinski definition) is 4. The van der Waals surface area contributed by atoms with Gasteiger partial charge < -0.3 is 19.7 Å². The van der Waals surface area contributed by atoms with Gasteiger partial charge in [0, 0.05) is 37.2 Å². The van der Waals surface area contributed by atoms with E-state index < -0.39 is 0 Å². The Balaban J connectivity index is 0.00000288. The van der Waals surface area contributed by atoms with Crippen LogP contribution in [0.2, 0.25) is 0 Å². The Bertz CT molecular complexity index is 516. The maximum atomic E-state index is 5.75. The highest BCUT2D eigenvalue weighted by molar-refractivity contribution is 14.0. The lowest BCUT2D eigenvalue weighted by molar-refractivity contribution is 0.314. The van der Waals surface area contributed by atoms with E-state index >= 15 is 0 Å². The van der Waals surface area contributed by atoms with Crippen LogP contribution < -0.4 is 14.8 Å². The Hall–Kier alpha value is -0.830. The van der Waals surface area contributed by atoms with Crippen LogP contribution in [-0.2, 0) is 0 Å². The Morgan fingerprint density at radius 1 is 1.42 bits per heavy atom. The summed E-state index contributed by atoms with van der Waals surface area (Å²) in [5.41, 5.74) is 0. The highest BCUT2D eigenvalue weighted by Gasteiger charge is 2.21. The zero-order chi connectivity index (χ0) is 16.5. The molecule has 136 valence electrons. The summed E-state index contributed by atoms with van der Waals surface area (Å²) >= 11 is 2.06. The van der Waals surface area contributed by atoms with Gasteiger partial charge in [-0.15, -0.1) is 24.0 Å². The van der Waals surface area contributed by atoms with Crippen LogP contribution >= 0.6 is 35.7 Å². The molecular formula is C17H28IN3O2S. The topological polar surface area (TPSA) is 46.1 Å². The number of benzene rings is 1. The minimum atomic E-state index is 0. The SMILES string of the molecule is CCC1CN(C(=NC)NCCOc2cccc(OC)c2)CCS1.I. The normalized spacial score (nSPS) is 17.9. The van der Waals surface area contributed by atoms with E-state index in [1.807, 2.05) is 31.3 Å². The van der Waals surface area contributed by atoms with Crippen molar-refractivity contribution in [1.82, 2.24) is 10.2 Å². The molecule has 1 atom stereocenters. The third kappa shape index (κ3) is 6.58. The van der Waals surface area contributed by atoms with E-state index in [0.717, 1.165) is 37.1 Å². The molecule has 0 saturated carbocycles. The first kappa shape index (κ1) is 21.2. The number of halogens is 1. The van der Waals surface area contributed by atoms with Gasteiger partial charge in [0.1, 0.15) is 18.1 Å². The molecule has 1 aliphatic rings. The van der Waals surface area contributed by atoms with Crippen LogP contribution in [0.4, 0.5) is 0 Å². The van der Waals surface area contributed by atoms with Crippen LogP contribution in [0.15, 0.2) is 29.3 Å². The molecule has 1 aromatic rings. The summed E-state index contributed by atoms with van der Waals surface area (Å²) < 4.78 is 10.9. The molecule has 1 heterocycles. The molecule has 0 aliphatic carbocycles. The van der Waals surface area contributed by atoms with Gasteiger partial charge in [0.2, 0.25) is 0 Å². The van der Waals surface area contributed by atoms with Crippen LogP contribution in [0.25, 0.3) is 0 Å². The fraction of sp³-hybridized carbons (Fsp3) is 0.588. The first-order valence-corrected chi connectivity index (χ1v) is 9.15. The summed E-state index contributed by atoms with van der Waals surface area (Å²) in [5.74, 6) is 3.77. The lowest BCUT2D eigenvalue weighted by atomic mass is 10.3. The van der Waals surface area contributed by atoms with Crippen molar-refractivity contribution in [2.45, 2.75) is 18.6 Å². The number of hydrogen-bond donors (Lipinski definition) is 1. The van der Waals surface area contributed by atoms with Crippen LogP contribution in [0.3, 0.4) is 0 Å². The summed E-state index contributed by atoms with van der Waals surface area (Å²) in [5, 5.41) is 4.10. The summed E-state index contributed by atoms with van der Waals surface area (Å²) in [7, 11) is 3.50. The molecule has 1 N–H and O–H groups in total. The third-order valence-electron chi connectivity index (χ3n) is 3.80. The van der Waals surface area contributed by atoms with Crippen molar-refractivity contribution < 1.29 is 9.47 Å². The molecule has 0 bridgehead atoms. The Morgan fingerprint density at radius 2 is 2.21 bits per heavy atom. The van der Waals surface area contributed by atoms with Crippen molar-refractivity contribution in [3.63, 3.8) is 0 Å². The number of guanidine groups is 1. The molecule has 1 unspecified atom stereocenters. The summed E-state index contributed by atoms with van der Waals surface area (Å²) in [6, 6.07) is 7.66. The van der Waals surface area contributed by atoms with E-state index in [2.05, 4.69) is 33.9 Å². The molecular weight excluding hydrogens is 437 g/mol. The van der Waals surface area contributed by atoms with Crippen molar-refractivity contribution in [2.24, 2.45) is 4.99 Å². The van der Waals surface area contributed by atoms with Crippen molar-refractivity contribution in [1.29, 1.82) is 0 Å². The number of rotatable bonds is 6. The van der Waals surface area contributed by atoms with Crippen LogP contribution in [0.1, 0.15) is 13.3 Å². The van der Waals surface area contributed by atoms with Gasteiger partial charge in [0.15, 0.2) is 5.96 Å². The molecule has 0 amide bonds. The zero-order valence-electron chi connectivity index (χ0n) is 14.7. The van der Waals surface area contributed by atoms with E-state index in [1.54, 1.807) is 7.11 Å². The lowest BCUT2D eigenvalue weighted by Crippen LogP contribution is -2.48. The molecule has 5 nitrogen and oxygen atoms in total. The molecule has 1 fully saturated rings. The van der Waals surface area contributed by atoms with Crippen molar-refractivity contribution in [3.8, 4) is 11.5 Å². The van der Waals surface area contributed by atoms with E-state index in [4.69, 9.17) is 9.47 Å². The lowest BCUT2D eigenvalue weighted by Gasteiger charge is -2.34. The molecule has 24 heavy (non-hydrogen) atoms. The van der Waals surface area contributed by atoms with Crippen molar-refractivity contribution >= 4 is 41.7 Å². The number of methoxy groups -OCH3 is 1. The standard InChI is InChI=1S/C17H27N3O2S.HI/c1-4-16-13-20(9-11-23-16)17(18-2)19-8-10-22-15-7-5-6-14(12-15)21-3;/h5-7,12,16H,4,8-11,13H2,1-3H3,(H,18,19);1H. The molecule has 0 spiro atoms. The highest BCUT2D eigenvalue weighted by atomic mass is 127. The van der Waals surface area contributed by atoms with Gasteiger partial charge in [-0.1, -0.05) is 13.0 Å². The molecule has 2 rings (SSSR count). The Morgan fingerprint density at radius 3 is 2.92 bits per heavy atom. The van der Waals surface area contributed by atoms with Gasteiger partial charge in [-0.3, -0.25) is 4.99 Å². The Labute approximate surface area is 166 Å². The number of aliphatic imine (C=N–C) groups is 1. The number of ether oxygens (including phenoxy) is 2. The van der Waals surface area contributed by atoms with E-state index in [9.17, 15) is 0 Å². The smallest absolute Gasteiger partial charge is 0.193 e. The van der Waals surface area contributed by atoms with Gasteiger partial charge in [-0.25, -0.2) is 0 Å². The second kappa shape index (κ2) is 11.7. The highest BCUT2D eigenvalue weighted by Crippen LogP contribution is 2.21. The zero-order valence-corrected chi connectivity index (χ0v) is 17.8. The average molecular weight is 465 g/mol. The van der Waals surface area contributed by atoms with Gasteiger partial charge in [-0.2, -0.15) is 11.8 Å². The predicted octanol–water partition coefficient (Wildman–Crippen LogP) is 3.09. The van der Waals surface area contributed by atoms with Gasteiger partial charge in [0.25, 0.3) is 0 Å². The quantitative estimate of drug-likeness (QED) is 0.303. The summed E-state index contributed by atoms with van der Waals surface area (Å²) in [4.78, 5) is 6.74. The maximum absolute atomic E-state index is 5.75. The monoisotopic (exact) mass is 465 g/mol. The predicted molar refractivity (Wildman–Crippen MR) is 113 cm³/mol. The fourth-order valence-corrected chi connectivity index (χ4v) is 3.69. The second-order valence-corrected chi connectivity index (χ2v) is 6.76. The first-order chi connectivity index (χ1) is 11.3. The minimum Gasteiger partial charge on any atom is -0.497 e. The average Bonchev–Trinajstić information content (AvgIpc) is 2.62. The van der Waals surface area contributed by atoms with Gasteiger partial charge in [-0.05, 0) is 18.6 Å². The fourth-order valence-electron chi connectivity index (χ4n) is 2.51. The van der Waals surface area contributed by atoms with E-state index in [0.29, 0.717) is 11.9 Å². The minimum absolute atomic E-state index is 0. The number of nitrogens with one attached hydrogen (secondary N) is 1. The molecule has 7 heteroatoms. The molecule has 1 aliphatic heterocycles. The first-order valence-electron chi connectivity index (χ1n) is 8.10.